The molecule has 0 aliphatic carbocycles. The average molecular weight is 975 g/mol. The number of nitrogens with zero attached hydrogens (tertiary/aromatic N) is 1. The second kappa shape index (κ2) is 49.4. The van der Waals surface area contributed by atoms with Crippen LogP contribution in [0.4, 0.5) is 0 Å². The monoisotopic (exact) mass is 975 g/mol. The second-order valence-corrected chi connectivity index (χ2v) is 21.0. The number of quaternary nitrogens is 1. The molecule has 1 N–H and O–H groups in total. The quantitative estimate of drug-likeness (QED) is 0.0211. The first-order chi connectivity index (χ1) is 33.0. The van der Waals surface area contributed by atoms with Crippen molar-refractivity contribution >= 4 is 19.8 Å². The molecule has 0 saturated carbocycles. The molecular formula is C58H105NO8P+. The van der Waals surface area contributed by atoms with E-state index >= 15 is 0 Å². The molecule has 0 aromatic heterocycles. The maximum absolute atomic E-state index is 12.8. The Balaban J connectivity index is 4.20. The smallest absolute Gasteiger partial charge is 0.462 e. The van der Waals surface area contributed by atoms with Crippen molar-refractivity contribution in [1.29, 1.82) is 0 Å². The van der Waals surface area contributed by atoms with Crippen LogP contribution in [0.25, 0.3) is 0 Å². The van der Waals surface area contributed by atoms with Gasteiger partial charge in [0.1, 0.15) is 19.8 Å². The van der Waals surface area contributed by atoms with Gasteiger partial charge in [-0.25, -0.2) is 4.57 Å². The number of carbonyl (C=O) groups is 2. The van der Waals surface area contributed by atoms with E-state index in [1.807, 2.05) is 21.1 Å². The van der Waals surface area contributed by atoms with Crippen LogP contribution in [-0.4, -0.2) is 74.9 Å². The summed E-state index contributed by atoms with van der Waals surface area (Å²) in [7, 11) is 1.47. The lowest BCUT2D eigenvalue weighted by molar-refractivity contribution is -0.870. The Labute approximate surface area is 418 Å². The SMILES string of the molecule is CC/C=C\C/C=C\C/C=C\C/C=C\CCCCCCCCCCCCCCC(=O)OC(COC(=O)CCCCCCCCCCC/C=C\C/C=C\CCCCC)COP(=O)(O)OCC[N+](C)(C)C. The van der Waals surface area contributed by atoms with Gasteiger partial charge in [-0.05, 0) is 83.5 Å². The lowest BCUT2D eigenvalue weighted by Gasteiger charge is -2.24. The van der Waals surface area contributed by atoms with E-state index in [0.717, 1.165) is 70.6 Å². The molecule has 0 bridgehead atoms. The largest absolute Gasteiger partial charge is 0.472 e. The lowest BCUT2D eigenvalue weighted by Crippen LogP contribution is -2.37. The fourth-order valence-electron chi connectivity index (χ4n) is 7.45. The molecule has 2 unspecified atom stereocenters. The van der Waals surface area contributed by atoms with Gasteiger partial charge in [-0.15, -0.1) is 0 Å². The highest BCUT2D eigenvalue weighted by Crippen LogP contribution is 2.43. The summed E-state index contributed by atoms with van der Waals surface area (Å²) in [5.41, 5.74) is 0. The number of unbranched alkanes of at least 4 members (excludes halogenated alkanes) is 24. The van der Waals surface area contributed by atoms with E-state index in [-0.39, 0.29) is 32.0 Å². The van der Waals surface area contributed by atoms with Crippen molar-refractivity contribution in [2.75, 3.05) is 47.5 Å². The van der Waals surface area contributed by atoms with E-state index in [1.54, 1.807) is 0 Å². The van der Waals surface area contributed by atoms with Crippen LogP contribution in [0.2, 0.25) is 0 Å². The van der Waals surface area contributed by atoms with Gasteiger partial charge in [-0.3, -0.25) is 18.6 Å². The van der Waals surface area contributed by atoms with Crippen LogP contribution in [0.15, 0.2) is 72.9 Å². The van der Waals surface area contributed by atoms with Gasteiger partial charge in [0.05, 0.1) is 27.7 Å². The molecule has 0 rings (SSSR count). The number of likely N-dealkylation sites (N-methyl/N-ethyl adjacent to an activating group) is 1. The second-order valence-electron chi connectivity index (χ2n) is 19.6. The molecule has 0 radical (unpaired) electrons. The molecule has 0 aliphatic rings. The third-order valence-corrected chi connectivity index (χ3v) is 12.7. The van der Waals surface area contributed by atoms with Gasteiger partial charge < -0.3 is 18.9 Å². The van der Waals surface area contributed by atoms with Crippen LogP contribution in [0.3, 0.4) is 0 Å². The van der Waals surface area contributed by atoms with Gasteiger partial charge in [-0.2, -0.15) is 0 Å². The Morgan fingerprint density at radius 2 is 0.838 bits per heavy atom. The van der Waals surface area contributed by atoms with Crippen molar-refractivity contribution in [2.24, 2.45) is 0 Å². The summed E-state index contributed by atoms with van der Waals surface area (Å²) in [5.74, 6) is -0.803. The summed E-state index contributed by atoms with van der Waals surface area (Å²) in [4.78, 5) is 35.6. The van der Waals surface area contributed by atoms with Crippen molar-refractivity contribution in [3.05, 3.63) is 72.9 Å². The fourth-order valence-corrected chi connectivity index (χ4v) is 8.19. The summed E-state index contributed by atoms with van der Waals surface area (Å²) in [6.07, 6.45) is 63.8. The highest BCUT2D eigenvalue weighted by Gasteiger charge is 2.27. The number of rotatable bonds is 50. The van der Waals surface area contributed by atoms with Crippen molar-refractivity contribution in [3.8, 4) is 0 Å². The van der Waals surface area contributed by atoms with E-state index in [9.17, 15) is 19.0 Å². The molecule has 0 aromatic carbocycles. The predicted octanol–water partition coefficient (Wildman–Crippen LogP) is 16.9. The minimum Gasteiger partial charge on any atom is -0.462 e. The van der Waals surface area contributed by atoms with E-state index in [2.05, 4.69) is 86.8 Å². The van der Waals surface area contributed by atoms with Gasteiger partial charge in [0, 0.05) is 12.8 Å². The molecule has 0 spiro atoms. The summed E-state index contributed by atoms with van der Waals surface area (Å²) in [6, 6.07) is 0. The molecular weight excluding hydrogens is 870 g/mol. The standard InChI is InChI=1S/C58H104NO8P/c1-6-8-10-12-14-16-18-20-22-24-26-27-28-29-30-31-33-35-37-39-41-43-45-47-49-51-58(61)67-56(55-66-68(62,63)65-53-52-59(3,4)5)54-64-57(60)50-48-46-44-42-40-38-36-34-32-25-23-21-19-17-15-13-11-9-7-2/h8,10,14-17,20-23,26-27,56H,6-7,9,11-13,18-19,24-25,28-55H2,1-5H3/p+1/b10-8-,16-14-,17-15-,22-20-,23-21-,27-26-. The minimum absolute atomic E-state index is 0.0283. The first kappa shape index (κ1) is 65.5. The van der Waals surface area contributed by atoms with Crippen LogP contribution in [0, 0.1) is 0 Å². The number of phosphoric acid groups is 1. The zero-order valence-electron chi connectivity index (χ0n) is 44.6. The van der Waals surface area contributed by atoms with Gasteiger partial charge in [0.2, 0.25) is 0 Å². The number of phosphoric ester groups is 1. The van der Waals surface area contributed by atoms with Gasteiger partial charge in [0.25, 0.3) is 0 Å². The molecule has 0 aliphatic heterocycles. The zero-order valence-corrected chi connectivity index (χ0v) is 45.5. The lowest BCUT2D eigenvalue weighted by atomic mass is 10.0. The predicted molar refractivity (Wildman–Crippen MR) is 289 cm³/mol. The number of carbonyl (C=O) groups excluding carboxylic acids is 2. The van der Waals surface area contributed by atoms with E-state index in [1.165, 1.54) is 128 Å². The van der Waals surface area contributed by atoms with Crippen molar-refractivity contribution < 1.29 is 42.1 Å². The van der Waals surface area contributed by atoms with E-state index in [0.29, 0.717) is 17.4 Å². The van der Waals surface area contributed by atoms with Gasteiger partial charge in [0.15, 0.2) is 6.10 Å². The number of hydrogen-bond donors (Lipinski definition) is 1. The molecule has 0 saturated heterocycles. The molecule has 0 heterocycles. The number of allylic oxidation sites excluding steroid dienone is 12. The van der Waals surface area contributed by atoms with Gasteiger partial charge >= 0.3 is 19.8 Å². The number of esters is 2. The minimum atomic E-state index is -4.39. The third kappa shape index (κ3) is 52.8. The van der Waals surface area contributed by atoms with Crippen LogP contribution in [-0.2, 0) is 32.7 Å². The maximum Gasteiger partial charge on any atom is 0.472 e. The Morgan fingerprint density at radius 3 is 1.25 bits per heavy atom. The Bertz CT molecular complexity index is 1380. The van der Waals surface area contributed by atoms with Crippen LogP contribution < -0.4 is 0 Å². The third-order valence-electron chi connectivity index (χ3n) is 11.7. The van der Waals surface area contributed by atoms with Crippen LogP contribution in [0.5, 0.6) is 0 Å². The Kier molecular flexibility index (Phi) is 47.6. The van der Waals surface area contributed by atoms with Crippen LogP contribution in [0.1, 0.15) is 232 Å². The normalized spacial score (nSPS) is 13.9. The Hall–Kier alpha value is -2.55. The first-order valence-electron chi connectivity index (χ1n) is 27.7. The molecule has 0 aromatic rings. The number of hydrogen-bond acceptors (Lipinski definition) is 7. The average Bonchev–Trinajstić information content (AvgIpc) is 3.30. The highest BCUT2D eigenvalue weighted by molar-refractivity contribution is 7.47. The van der Waals surface area contributed by atoms with E-state index < -0.39 is 26.5 Å². The summed E-state index contributed by atoms with van der Waals surface area (Å²) >= 11 is 0. The molecule has 9 nitrogen and oxygen atoms in total. The molecule has 2 atom stereocenters. The molecule has 0 fully saturated rings. The zero-order chi connectivity index (χ0) is 49.9. The summed E-state index contributed by atoms with van der Waals surface area (Å²) in [6.45, 7) is 4.30. The Morgan fingerprint density at radius 1 is 0.471 bits per heavy atom. The molecule has 68 heavy (non-hydrogen) atoms. The van der Waals surface area contributed by atoms with Gasteiger partial charge in [-0.1, -0.05) is 209 Å². The number of ether oxygens (including phenoxy) is 2. The van der Waals surface area contributed by atoms with Crippen molar-refractivity contribution in [2.45, 2.75) is 238 Å². The maximum atomic E-state index is 12.8. The van der Waals surface area contributed by atoms with Crippen molar-refractivity contribution in [3.63, 3.8) is 0 Å². The molecule has 0 amide bonds. The topological polar surface area (TPSA) is 108 Å². The molecule has 394 valence electrons. The highest BCUT2D eigenvalue weighted by atomic mass is 31.2. The van der Waals surface area contributed by atoms with Crippen molar-refractivity contribution in [1.82, 2.24) is 0 Å². The molecule has 10 heteroatoms. The summed E-state index contributed by atoms with van der Waals surface area (Å²) < 4.78 is 34.5. The van der Waals surface area contributed by atoms with E-state index in [4.69, 9.17) is 18.5 Å². The van der Waals surface area contributed by atoms with Crippen LogP contribution >= 0.6 is 7.82 Å². The first-order valence-corrected chi connectivity index (χ1v) is 29.2. The fraction of sp³-hybridized carbons (Fsp3) is 0.759. The summed E-state index contributed by atoms with van der Waals surface area (Å²) in [5, 5.41) is 0.